The standard InChI is InChI=1S/C15H21ClN2O/c1-3-15(7-8-17-11-15)14(19)18(2)10-12-5-4-6-13(16)9-12/h4-6,9,17H,3,7-8,10-11H2,1-2H3. The van der Waals surface area contributed by atoms with Gasteiger partial charge in [-0.15, -0.1) is 0 Å². The van der Waals surface area contributed by atoms with Crippen LogP contribution in [0.5, 0.6) is 0 Å². The highest BCUT2D eigenvalue weighted by molar-refractivity contribution is 6.30. The molecule has 0 aromatic heterocycles. The average Bonchev–Trinajstić information content (AvgIpc) is 2.87. The summed E-state index contributed by atoms with van der Waals surface area (Å²) >= 11 is 5.98. The summed E-state index contributed by atoms with van der Waals surface area (Å²) in [7, 11) is 1.87. The lowest BCUT2D eigenvalue weighted by molar-refractivity contribution is -0.140. The van der Waals surface area contributed by atoms with Gasteiger partial charge in [0.25, 0.3) is 0 Å². The zero-order valence-electron chi connectivity index (χ0n) is 11.6. The summed E-state index contributed by atoms with van der Waals surface area (Å²) in [5.41, 5.74) is 0.855. The largest absolute Gasteiger partial charge is 0.341 e. The van der Waals surface area contributed by atoms with Crippen molar-refractivity contribution >= 4 is 17.5 Å². The molecule has 1 amide bonds. The molecule has 0 bridgehead atoms. The molecular formula is C15H21ClN2O. The molecule has 4 heteroatoms. The third-order valence-electron chi connectivity index (χ3n) is 4.03. The van der Waals surface area contributed by atoms with E-state index in [9.17, 15) is 4.79 Å². The molecule has 0 saturated carbocycles. The van der Waals surface area contributed by atoms with Gasteiger partial charge in [0.05, 0.1) is 5.41 Å². The minimum absolute atomic E-state index is 0.215. The molecule has 0 radical (unpaired) electrons. The Kier molecular flexibility index (Phi) is 4.48. The fourth-order valence-corrected chi connectivity index (χ4v) is 2.98. The molecular weight excluding hydrogens is 260 g/mol. The fraction of sp³-hybridized carbons (Fsp3) is 0.533. The predicted molar refractivity (Wildman–Crippen MR) is 78.1 cm³/mol. The summed E-state index contributed by atoms with van der Waals surface area (Å²) in [5.74, 6) is 0.236. The number of nitrogens with one attached hydrogen (secondary N) is 1. The number of benzene rings is 1. The van der Waals surface area contributed by atoms with Gasteiger partial charge in [-0.3, -0.25) is 4.79 Å². The second-order valence-corrected chi connectivity index (χ2v) is 5.79. The van der Waals surface area contributed by atoms with Crippen molar-refractivity contribution in [2.45, 2.75) is 26.3 Å². The van der Waals surface area contributed by atoms with Crippen molar-refractivity contribution in [3.8, 4) is 0 Å². The van der Waals surface area contributed by atoms with E-state index >= 15 is 0 Å². The molecule has 0 spiro atoms. The van der Waals surface area contributed by atoms with Gasteiger partial charge < -0.3 is 10.2 Å². The van der Waals surface area contributed by atoms with Crippen LogP contribution >= 0.6 is 11.6 Å². The van der Waals surface area contributed by atoms with Crippen molar-refractivity contribution in [1.82, 2.24) is 10.2 Å². The minimum atomic E-state index is -0.215. The van der Waals surface area contributed by atoms with Gasteiger partial charge in [-0.1, -0.05) is 30.7 Å². The summed E-state index contributed by atoms with van der Waals surface area (Å²) in [6.07, 6.45) is 1.82. The summed E-state index contributed by atoms with van der Waals surface area (Å²) in [6, 6.07) is 7.68. The SMILES string of the molecule is CCC1(C(=O)N(C)Cc2cccc(Cl)c2)CCNC1. The smallest absolute Gasteiger partial charge is 0.230 e. The maximum absolute atomic E-state index is 12.6. The summed E-state index contributed by atoms with van der Waals surface area (Å²) in [4.78, 5) is 14.5. The van der Waals surface area contributed by atoms with Gasteiger partial charge in [-0.25, -0.2) is 0 Å². The topological polar surface area (TPSA) is 32.3 Å². The molecule has 0 aliphatic carbocycles. The van der Waals surface area contributed by atoms with Crippen LogP contribution in [0.2, 0.25) is 5.02 Å². The summed E-state index contributed by atoms with van der Waals surface area (Å²) in [6.45, 7) is 4.44. The van der Waals surface area contributed by atoms with Crippen molar-refractivity contribution < 1.29 is 4.79 Å². The number of hydrogen-bond donors (Lipinski definition) is 1. The zero-order valence-corrected chi connectivity index (χ0v) is 12.3. The van der Waals surface area contributed by atoms with Crippen LogP contribution in [0.25, 0.3) is 0 Å². The molecule has 2 rings (SSSR count). The fourth-order valence-electron chi connectivity index (χ4n) is 2.77. The Morgan fingerprint density at radius 3 is 2.89 bits per heavy atom. The number of halogens is 1. The second kappa shape index (κ2) is 5.93. The van der Waals surface area contributed by atoms with E-state index in [0.29, 0.717) is 11.6 Å². The van der Waals surface area contributed by atoms with Crippen molar-refractivity contribution in [3.05, 3.63) is 34.9 Å². The van der Waals surface area contributed by atoms with E-state index in [4.69, 9.17) is 11.6 Å². The van der Waals surface area contributed by atoms with Crippen molar-refractivity contribution in [2.24, 2.45) is 5.41 Å². The Balaban J connectivity index is 2.07. The first-order chi connectivity index (χ1) is 9.07. The maximum Gasteiger partial charge on any atom is 0.230 e. The second-order valence-electron chi connectivity index (χ2n) is 5.35. The van der Waals surface area contributed by atoms with E-state index in [1.165, 1.54) is 0 Å². The van der Waals surface area contributed by atoms with Crippen LogP contribution in [0.1, 0.15) is 25.3 Å². The molecule has 104 valence electrons. The van der Waals surface area contributed by atoms with Crippen LogP contribution in [0.15, 0.2) is 24.3 Å². The molecule has 1 heterocycles. The van der Waals surface area contributed by atoms with Crippen molar-refractivity contribution in [2.75, 3.05) is 20.1 Å². The highest BCUT2D eigenvalue weighted by atomic mass is 35.5. The minimum Gasteiger partial charge on any atom is -0.341 e. The number of hydrogen-bond acceptors (Lipinski definition) is 2. The van der Waals surface area contributed by atoms with Crippen LogP contribution in [0.4, 0.5) is 0 Å². The molecule has 1 aromatic carbocycles. The highest BCUT2D eigenvalue weighted by Crippen LogP contribution is 2.31. The van der Waals surface area contributed by atoms with Crippen LogP contribution < -0.4 is 5.32 Å². The van der Waals surface area contributed by atoms with E-state index in [1.54, 1.807) is 0 Å². The van der Waals surface area contributed by atoms with E-state index in [0.717, 1.165) is 31.5 Å². The van der Waals surface area contributed by atoms with Crippen LogP contribution in [0, 0.1) is 5.41 Å². The quantitative estimate of drug-likeness (QED) is 0.920. The number of amides is 1. The van der Waals surface area contributed by atoms with E-state index in [1.807, 2.05) is 36.2 Å². The zero-order chi connectivity index (χ0) is 13.9. The molecule has 1 aromatic rings. The number of rotatable bonds is 4. The van der Waals surface area contributed by atoms with Gasteiger partial charge >= 0.3 is 0 Å². The number of carbonyl (C=O) groups is 1. The van der Waals surface area contributed by atoms with Crippen molar-refractivity contribution in [1.29, 1.82) is 0 Å². The highest BCUT2D eigenvalue weighted by Gasteiger charge is 2.41. The molecule has 19 heavy (non-hydrogen) atoms. The van der Waals surface area contributed by atoms with Crippen LogP contribution in [0.3, 0.4) is 0 Å². The normalized spacial score (nSPS) is 22.5. The Labute approximate surface area is 119 Å². The lowest BCUT2D eigenvalue weighted by Gasteiger charge is -2.31. The molecule has 1 aliphatic heterocycles. The van der Waals surface area contributed by atoms with Gasteiger partial charge in [0.2, 0.25) is 5.91 Å². The van der Waals surface area contributed by atoms with Crippen LogP contribution in [-0.2, 0) is 11.3 Å². The van der Waals surface area contributed by atoms with E-state index in [-0.39, 0.29) is 11.3 Å². The Morgan fingerprint density at radius 2 is 2.32 bits per heavy atom. The van der Waals surface area contributed by atoms with Gasteiger partial charge in [0.15, 0.2) is 0 Å². The number of carbonyl (C=O) groups excluding carboxylic acids is 1. The molecule has 3 nitrogen and oxygen atoms in total. The van der Waals surface area contributed by atoms with E-state index in [2.05, 4.69) is 12.2 Å². The monoisotopic (exact) mass is 280 g/mol. The summed E-state index contributed by atoms with van der Waals surface area (Å²) in [5, 5.41) is 4.02. The van der Waals surface area contributed by atoms with E-state index < -0.39 is 0 Å². The molecule has 1 fully saturated rings. The molecule has 1 atom stereocenters. The predicted octanol–water partition coefficient (Wildman–Crippen LogP) is 2.69. The lowest BCUT2D eigenvalue weighted by Crippen LogP contribution is -2.42. The van der Waals surface area contributed by atoms with Crippen LogP contribution in [-0.4, -0.2) is 30.9 Å². The molecule has 1 N–H and O–H groups in total. The van der Waals surface area contributed by atoms with Gasteiger partial charge in [0, 0.05) is 25.2 Å². The van der Waals surface area contributed by atoms with Crippen molar-refractivity contribution in [3.63, 3.8) is 0 Å². The third-order valence-corrected chi connectivity index (χ3v) is 4.26. The van der Waals surface area contributed by atoms with Gasteiger partial charge in [0.1, 0.15) is 0 Å². The molecule has 1 saturated heterocycles. The summed E-state index contributed by atoms with van der Waals surface area (Å²) < 4.78 is 0. The Hall–Kier alpha value is -1.06. The average molecular weight is 281 g/mol. The first kappa shape index (κ1) is 14.4. The van der Waals surface area contributed by atoms with Gasteiger partial charge in [-0.2, -0.15) is 0 Å². The Bertz CT molecular complexity index is 455. The first-order valence-electron chi connectivity index (χ1n) is 6.78. The third kappa shape index (κ3) is 3.10. The molecule has 1 aliphatic rings. The number of nitrogens with zero attached hydrogens (tertiary/aromatic N) is 1. The Morgan fingerprint density at radius 1 is 1.53 bits per heavy atom. The lowest BCUT2D eigenvalue weighted by atomic mass is 9.83. The molecule has 1 unspecified atom stereocenters. The first-order valence-corrected chi connectivity index (χ1v) is 7.16. The van der Waals surface area contributed by atoms with Gasteiger partial charge in [-0.05, 0) is 37.1 Å². The maximum atomic E-state index is 12.6.